The van der Waals surface area contributed by atoms with E-state index in [4.69, 9.17) is 9.47 Å². The van der Waals surface area contributed by atoms with E-state index in [1.54, 1.807) is 21.1 Å². The molecular weight excluding hydrogens is 460 g/mol. The molecule has 1 aliphatic carbocycles. The zero-order valence-corrected chi connectivity index (χ0v) is 20.2. The minimum Gasteiger partial charge on any atom is -0.493 e. The molecule has 0 saturated heterocycles. The third kappa shape index (κ3) is 4.94. The van der Waals surface area contributed by atoms with Gasteiger partial charge >= 0.3 is 0 Å². The molecule has 0 radical (unpaired) electrons. The molecule has 180 valence electrons. The monoisotopic (exact) mass is 487 g/mol. The van der Waals surface area contributed by atoms with Crippen molar-refractivity contribution in [2.24, 2.45) is 0 Å². The van der Waals surface area contributed by atoms with Crippen molar-refractivity contribution < 1.29 is 23.0 Å². The minimum atomic E-state index is -0.864. The summed E-state index contributed by atoms with van der Waals surface area (Å²) >= 11 is 1.24. The first-order valence-electron chi connectivity index (χ1n) is 11.3. The van der Waals surface area contributed by atoms with Crippen LogP contribution in [0.2, 0.25) is 0 Å². The molecule has 1 unspecified atom stereocenters. The quantitative estimate of drug-likeness (QED) is 0.282. The van der Waals surface area contributed by atoms with Crippen molar-refractivity contribution in [1.29, 1.82) is 0 Å². The number of hydrogen-bond acceptors (Lipinski definition) is 6. The van der Waals surface area contributed by atoms with Crippen LogP contribution in [-0.4, -0.2) is 40.0 Å². The number of thioether (sulfide) groups is 1. The first kappa shape index (κ1) is 24.2. The Kier molecular flexibility index (Phi) is 7.50. The Morgan fingerprint density at radius 2 is 1.76 bits per heavy atom. The van der Waals surface area contributed by atoms with Gasteiger partial charge < -0.3 is 9.47 Å². The third-order valence-electron chi connectivity index (χ3n) is 6.09. The number of hydrogen-bond donors (Lipinski definition) is 0. The standard InChI is InChI=1S/C25H27F2N3O3S/c1-15(23(31)19-11-10-17(26)14-20(19)27)34-25-29-28-24(30(25)18-7-5-4-6-8-18)16-9-12-21(32-2)22(13-16)33-3/h9-15,18H,4-8H2,1-3H3. The van der Waals surface area contributed by atoms with E-state index in [0.29, 0.717) is 22.5 Å². The van der Waals surface area contributed by atoms with Gasteiger partial charge in [-0.05, 0) is 50.1 Å². The zero-order valence-electron chi connectivity index (χ0n) is 19.4. The summed E-state index contributed by atoms with van der Waals surface area (Å²) in [5, 5.41) is 8.85. The lowest BCUT2D eigenvalue weighted by molar-refractivity contribution is 0.0990. The molecule has 0 aliphatic heterocycles. The van der Waals surface area contributed by atoms with E-state index in [9.17, 15) is 13.6 Å². The molecule has 1 aliphatic rings. The number of carbonyl (C=O) groups is 1. The number of nitrogens with zero attached hydrogens (tertiary/aromatic N) is 3. The minimum absolute atomic E-state index is 0.134. The molecule has 3 aromatic rings. The van der Waals surface area contributed by atoms with Crippen LogP contribution in [-0.2, 0) is 0 Å². The van der Waals surface area contributed by atoms with Gasteiger partial charge in [-0.1, -0.05) is 31.0 Å². The lowest BCUT2D eigenvalue weighted by Gasteiger charge is -2.26. The molecule has 0 bridgehead atoms. The van der Waals surface area contributed by atoms with Crippen LogP contribution in [0.3, 0.4) is 0 Å². The molecule has 1 heterocycles. The summed E-state index contributed by atoms with van der Waals surface area (Å²) in [5.41, 5.74) is 0.691. The Labute approximate surface area is 201 Å². The van der Waals surface area contributed by atoms with Crippen molar-refractivity contribution in [3.63, 3.8) is 0 Å². The van der Waals surface area contributed by atoms with Crippen LogP contribution in [0.25, 0.3) is 11.4 Å². The molecule has 0 spiro atoms. The molecule has 9 heteroatoms. The highest BCUT2D eigenvalue weighted by atomic mass is 32.2. The number of aromatic nitrogens is 3. The Morgan fingerprint density at radius 3 is 2.44 bits per heavy atom. The van der Waals surface area contributed by atoms with Gasteiger partial charge in [0.25, 0.3) is 0 Å². The SMILES string of the molecule is COc1ccc(-c2nnc(SC(C)C(=O)c3ccc(F)cc3F)n2C2CCCCC2)cc1OC. The van der Waals surface area contributed by atoms with Gasteiger partial charge in [0.05, 0.1) is 25.0 Å². The van der Waals surface area contributed by atoms with Crippen LogP contribution >= 0.6 is 11.8 Å². The van der Waals surface area contributed by atoms with Gasteiger partial charge in [0.1, 0.15) is 11.6 Å². The van der Waals surface area contributed by atoms with Crippen molar-refractivity contribution in [1.82, 2.24) is 14.8 Å². The van der Waals surface area contributed by atoms with Gasteiger partial charge in [0.15, 0.2) is 28.3 Å². The van der Waals surface area contributed by atoms with Gasteiger partial charge in [-0.3, -0.25) is 9.36 Å². The predicted octanol–water partition coefficient (Wildman–Crippen LogP) is 6.11. The first-order chi connectivity index (χ1) is 16.4. The number of rotatable bonds is 8. The van der Waals surface area contributed by atoms with Crippen LogP contribution in [0.4, 0.5) is 8.78 Å². The lowest BCUT2D eigenvalue weighted by Crippen LogP contribution is -2.19. The highest BCUT2D eigenvalue weighted by Gasteiger charge is 2.28. The topological polar surface area (TPSA) is 66.2 Å². The summed E-state index contributed by atoms with van der Waals surface area (Å²) in [6, 6.07) is 8.78. The summed E-state index contributed by atoms with van der Waals surface area (Å²) in [7, 11) is 3.16. The number of ketones is 1. The van der Waals surface area contributed by atoms with E-state index >= 15 is 0 Å². The van der Waals surface area contributed by atoms with Crippen LogP contribution in [0, 0.1) is 11.6 Å². The zero-order chi connectivity index (χ0) is 24.2. The Morgan fingerprint density at radius 1 is 1.03 bits per heavy atom. The second-order valence-electron chi connectivity index (χ2n) is 8.29. The first-order valence-corrected chi connectivity index (χ1v) is 12.1. The van der Waals surface area contributed by atoms with E-state index in [1.165, 1.54) is 24.2 Å². The maximum absolute atomic E-state index is 14.2. The van der Waals surface area contributed by atoms with E-state index < -0.39 is 22.7 Å². The Balaban J connectivity index is 1.69. The average molecular weight is 488 g/mol. The number of Topliss-reactive ketones (excluding diaryl/α,β-unsaturated/α-hetero) is 1. The Bertz CT molecular complexity index is 1180. The normalized spacial score (nSPS) is 15.2. The van der Waals surface area contributed by atoms with Crippen molar-refractivity contribution in [2.45, 2.75) is 55.5 Å². The van der Waals surface area contributed by atoms with Crippen molar-refractivity contribution in [3.8, 4) is 22.9 Å². The molecule has 1 fully saturated rings. The molecule has 1 saturated carbocycles. The molecule has 1 aromatic heterocycles. The highest BCUT2D eigenvalue weighted by molar-refractivity contribution is 8.00. The van der Waals surface area contributed by atoms with Crippen LogP contribution in [0.1, 0.15) is 55.4 Å². The largest absolute Gasteiger partial charge is 0.493 e. The van der Waals surface area contributed by atoms with E-state index in [1.807, 2.05) is 18.2 Å². The van der Waals surface area contributed by atoms with Gasteiger partial charge in [-0.2, -0.15) is 0 Å². The summed E-state index contributed by atoms with van der Waals surface area (Å²) < 4.78 is 40.4. The maximum atomic E-state index is 14.2. The predicted molar refractivity (Wildman–Crippen MR) is 127 cm³/mol. The fourth-order valence-corrected chi connectivity index (χ4v) is 5.31. The number of halogens is 2. The van der Waals surface area contributed by atoms with Gasteiger partial charge in [-0.25, -0.2) is 8.78 Å². The molecule has 4 rings (SSSR count). The van der Waals surface area contributed by atoms with Gasteiger partial charge in [0.2, 0.25) is 0 Å². The van der Waals surface area contributed by atoms with Crippen molar-refractivity contribution in [2.75, 3.05) is 14.2 Å². The highest BCUT2D eigenvalue weighted by Crippen LogP contribution is 2.39. The van der Waals surface area contributed by atoms with E-state index in [0.717, 1.165) is 43.4 Å². The van der Waals surface area contributed by atoms with Crippen molar-refractivity contribution >= 4 is 17.5 Å². The fraction of sp³-hybridized carbons (Fsp3) is 0.400. The Hall–Kier alpha value is -2.94. The maximum Gasteiger partial charge on any atom is 0.192 e. The molecule has 2 aromatic carbocycles. The van der Waals surface area contributed by atoms with Gasteiger partial charge in [0, 0.05) is 17.7 Å². The molecule has 1 atom stereocenters. The average Bonchev–Trinajstić information content (AvgIpc) is 3.27. The van der Waals surface area contributed by atoms with Crippen molar-refractivity contribution in [3.05, 3.63) is 53.6 Å². The molecule has 0 N–H and O–H groups in total. The summed E-state index contributed by atoms with van der Waals surface area (Å²) in [6.45, 7) is 1.70. The van der Waals surface area contributed by atoms with Crippen LogP contribution in [0.15, 0.2) is 41.6 Å². The van der Waals surface area contributed by atoms with Crippen LogP contribution in [0.5, 0.6) is 11.5 Å². The van der Waals surface area contributed by atoms with Gasteiger partial charge in [-0.15, -0.1) is 10.2 Å². The molecular formula is C25H27F2N3O3S. The fourth-order valence-electron chi connectivity index (χ4n) is 4.32. The summed E-state index contributed by atoms with van der Waals surface area (Å²) in [5.74, 6) is -0.118. The summed E-state index contributed by atoms with van der Waals surface area (Å²) in [4.78, 5) is 12.9. The molecule has 34 heavy (non-hydrogen) atoms. The lowest BCUT2D eigenvalue weighted by atomic mass is 9.95. The summed E-state index contributed by atoms with van der Waals surface area (Å²) in [6.07, 6.45) is 5.37. The van der Waals surface area contributed by atoms with E-state index in [-0.39, 0.29) is 11.6 Å². The number of benzene rings is 2. The molecule has 6 nitrogen and oxygen atoms in total. The van der Waals surface area contributed by atoms with E-state index in [2.05, 4.69) is 14.8 Å². The van der Waals surface area contributed by atoms with Crippen LogP contribution < -0.4 is 9.47 Å². The number of methoxy groups -OCH3 is 2. The molecule has 0 amide bonds. The second kappa shape index (κ2) is 10.5. The second-order valence-corrected chi connectivity index (χ2v) is 9.59. The third-order valence-corrected chi connectivity index (χ3v) is 7.15. The number of carbonyl (C=O) groups excluding carboxylic acids is 1. The number of ether oxygens (including phenoxy) is 2. The smallest absolute Gasteiger partial charge is 0.192 e.